The summed E-state index contributed by atoms with van der Waals surface area (Å²) in [6, 6.07) is 11.4. The van der Waals surface area contributed by atoms with E-state index in [2.05, 4.69) is 15.5 Å². The highest BCUT2D eigenvalue weighted by Crippen LogP contribution is 2.23. The topological polar surface area (TPSA) is 57.8 Å². The van der Waals surface area contributed by atoms with Crippen LogP contribution in [-0.4, -0.2) is 16.1 Å². The van der Waals surface area contributed by atoms with Crippen LogP contribution in [-0.2, 0) is 0 Å². The Bertz CT molecular complexity index is 800. The molecule has 0 unspecified atom stereocenters. The van der Waals surface area contributed by atoms with Gasteiger partial charge in [0.05, 0.1) is 16.1 Å². The molecule has 2 aromatic carbocycles. The summed E-state index contributed by atoms with van der Waals surface area (Å²) in [5, 5.41) is 10.0. The molecule has 0 saturated carbocycles. The molecule has 3 rings (SSSR count). The Morgan fingerprint density at radius 3 is 2.85 bits per heavy atom. The highest BCUT2D eigenvalue weighted by atomic mass is 35.5. The van der Waals surface area contributed by atoms with E-state index in [4.69, 9.17) is 11.6 Å². The van der Waals surface area contributed by atoms with Gasteiger partial charge in [0.1, 0.15) is 5.82 Å². The fourth-order valence-electron chi connectivity index (χ4n) is 1.91. The highest BCUT2D eigenvalue weighted by molar-refractivity contribution is 6.34. The van der Waals surface area contributed by atoms with Gasteiger partial charge in [-0.2, -0.15) is 5.10 Å². The van der Waals surface area contributed by atoms with Crippen LogP contribution in [0.4, 0.5) is 10.2 Å². The molecule has 0 atom stereocenters. The molecule has 0 aliphatic carbocycles. The van der Waals surface area contributed by atoms with E-state index in [1.54, 1.807) is 0 Å². The van der Waals surface area contributed by atoms with Gasteiger partial charge in [-0.05, 0) is 24.3 Å². The summed E-state index contributed by atoms with van der Waals surface area (Å²) in [6.45, 7) is 0. The molecule has 0 saturated heterocycles. The molecule has 100 valence electrons. The molecular formula is C14H9ClFN3O. The molecular weight excluding hydrogens is 281 g/mol. The van der Waals surface area contributed by atoms with E-state index in [9.17, 15) is 9.18 Å². The maximum Gasteiger partial charge on any atom is 0.258 e. The molecule has 0 fully saturated rings. The molecule has 0 aliphatic heterocycles. The van der Waals surface area contributed by atoms with Gasteiger partial charge in [0.15, 0.2) is 5.82 Å². The number of benzene rings is 2. The summed E-state index contributed by atoms with van der Waals surface area (Å²) in [4.78, 5) is 12.1. The molecule has 1 amide bonds. The Balaban J connectivity index is 1.95. The molecule has 0 aliphatic rings. The van der Waals surface area contributed by atoms with Crippen molar-refractivity contribution in [1.29, 1.82) is 0 Å². The molecule has 1 heterocycles. The number of H-pyrrole nitrogens is 1. The summed E-state index contributed by atoms with van der Waals surface area (Å²) in [5.41, 5.74) is 0.867. The van der Waals surface area contributed by atoms with Gasteiger partial charge >= 0.3 is 0 Å². The van der Waals surface area contributed by atoms with Gasteiger partial charge in [-0.25, -0.2) is 4.39 Å². The molecule has 0 spiro atoms. The number of fused-ring (bicyclic) bond motifs is 1. The van der Waals surface area contributed by atoms with Crippen molar-refractivity contribution in [3.63, 3.8) is 0 Å². The Hall–Kier alpha value is -2.40. The number of hydrogen-bond donors (Lipinski definition) is 2. The number of amides is 1. The normalized spacial score (nSPS) is 10.7. The SMILES string of the molecule is O=C(Nc1n[nH]c2ccccc12)c1cccc(F)c1Cl. The van der Waals surface area contributed by atoms with Gasteiger partial charge in [-0.1, -0.05) is 29.8 Å². The van der Waals surface area contributed by atoms with Crippen LogP contribution in [0, 0.1) is 5.82 Å². The summed E-state index contributed by atoms with van der Waals surface area (Å²) >= 11 is 5.78. The van der Waals surface area contributed by atoms with Crippen LogP contribution >= 0.6 is 11.6 Å². The first kappa shape index (κ1) is 12.6. The van der Waals surface area contributed by atoms with Crippen molar-refractivity contribution in [2.75, 3.05) is 5.32 Å². The first-order valence-electron chi connectivity index (χ1n) is 5.85. The lowest BCUT2D eigenvalue weighted by atomic mass is 10.2. The largest absolute Gasteiger partial charge is 0.305 e. The highest BCUT2D eigenvalue weighted by Gasteiger charge is 2.15. The van der Waals surface area contributed by atoms with Crippen molar-refractivity contribution >= 4 is 34.2 Å². The molecule has 20 heavy (non-hydrogen) atoms. The third-order valence-corrected chi connectivity index (χ3v) is 3.28. The standard InChI is InChI=1S/C14H9ClFN3O/c15-12-9(5-3-6-10(12)16)14(20)17-13-8-4-1-2-7-11(8)18-19-13/h1-7H,(H2,17,18,19,20). The zero-order valence-electron chi connectivity index (χ0n) is 10.2. The third-order valence-electron chi connectivity index (χ3n) is 2.90. The van der Waals surface area contributed by atoms with Crippen LogP contribution in [0.5, 0.6) is 0 Å². The fourth-order valence-corrected chi connectivity index (χ4v) is 2.12. The summed E-state index contributed by atoms with van der Waals surface area (Å²) in [7, 11) is 0. The maximum atomic E-state index is 13.3. The van der Waals surface area contributed by atoms with Crippen molar-refractivity contribution in [1.82, 2.24) is 10.2 Å². The van der Waals surface area contributed by atoms with E-state index < -0.39 is 11.7 Å². The number of nitrogens with zero attached hydrogens (tertiary/aromatic N) is 1. The Morgan fingerprint density at radius 2 is 2.00 bits per heavy atom. The van der Waals surface area contributed by atoms with Gasteiger partial charge in [0.25, 0.3) is 5.91 Å². The summed E-state index contributed by atoms with van der Waals surface area (Å²) < 4.78 is 13.3. The molecule has 3 aromatic rings. The van der Waals surface area contributed by atoms with Gasteiger partial charge in [0, 0.05) is 5.39 Å². The van der Waals surface area contributed by atoms with Crippen LogP contribution < -0.4 is 5.32 Å². The van der Waals surface area contributed by atoms with Crippen molar-refractivity contribution in [3.05, 3.63) is 58.9 Å². The van der Waals surface area contributed by atoms with Gasteiger partial charge in [0.2, 0.25) is 0 Å². The lowest BCUT2D eigenvalue weighted by Crippen LogP contribution is -2.13. The smallest absolute Gasteiger partial charge is 0.258 e. The van der Waals surface area contributed by atoms with Crippen LogP contribution in [0.2, 0.25) is 5.02 Å². The van der Waals surface area contributed by atoms with E-state index in [0.29, 0.717) is 5.82 Å². The van der Waals surface area contributed by atoms with E-state index >= 15 is 0 Å². The number of para-hydroxylation sites is 1. The number of aromatic nitrogens is 2. The molecule has 0 radical (unpaired) electrons. The van der Waals surface area contributed by atoms with Crippen molar-refractivity contribution in [2.24, 2.45) is 0 Å². The minimum absolute atomic E-state index is 0.0683. The lowest BCUT2D eigenvalue weighted by Gasteiger charge is -2.05. The number of rotatable bonds is 2. The minimum Gasteiger partial charge on any atom is -0.305 e. The van der Waals surface area contributed by atoms with Crippen molar-refractivity contribution < 1.29 is 9.18 Å². The average molecular weight is 290 g/mol. The van der Waals surface area contributed by atoms with Gasteiger partial charge in [-0.15, -0.1) is 0 Å². The first-order valence-corrected chi connectivity index (χ1v) is 6.23. The number of nitrogens with one attached hydrogen (secondary N) is 2. The van der Waals surface area contributed by atoms with Crippen LogP contribution in [0.25, 0.3) is 10.9 Å². The molecule has 4 nitrogen and oxygen atoms in total. The Kier molecular flexibility index (Phi) is 3.12. The monoisotopic (exact) mass is 289 g/mol. The van der Waals surface area contributed by atoms with E-state index in [-0.39, 0.29) is 10.6 Å². The zero-order chi connectivity index (χ0) is 14.1. The second kappa shape index (κ2) is 4.94. The zero-order valence-corrected chi connectivity index (χ0v) is 10.9. The molecule has 6 heteroatoms. The number of carbonyl (C=O) groups is 1. The number of hydrogen-bond acceptors (Lipinski definition) is 2. The molecule has 1 aromatic heterocycles. The van der Waals surface area contributed by atoms with E-state index in [0.717, 1.165) is 10.9 Å². The minimum atomic E-state index is -0.633. The van der Waals surface area contributed by atoms with Crippen molar-refractivity contribution in [2.45, 2.75) is 0 Å². The quantitative estimate of drug-likeness (QED) is 0.757. The Labute approximate surface area is 118 Å². The maximum absolute atomic E-state index is 13.3. The van der Waals surface area contributed by atoms with Crippen molar-refractivity contribution in [3.8, 4) is 0 Å². The fraction of sp³-hybridized carbons (Fsp3) is 0. The van der Waals surface area contributed by atoms with E-state index in [1.165, 1.54) is 18.2 Å². The molecule has 0 bridgehead atoms. The molecule has 2 N–H and O–H groups in total. The van der Waals surface area contributed by atoms with Gasteiger partial charge in [-0.3, -0.25) is 9.89 Å². The van der Waals surface area contributed by atoms with Crippen LogP contribution in [0.1, 0.15) is 10.4 Å². The van der Waals surface area contributed by atoms with Gasteiger partial charge < -0.3 is 5.32 Å². The second-order valence-electron chi connectivity index (χ2n) is 4.17. The second-order valence-corrected chi connectivity index (χ2v) is 4.55. The Morgan fingerprint density at radius 1 is 1.20 bits per heavy atom. The number of aromatic amines is 1. The summed E-state index contributed by atoms with van der Waals surface area (Å²) in [5.74, 6) is -0.760. The number of carbonyl (C=O) groups excluding carboxylic acids is 1. The number of halogens is 2. The predicted octanol–water partition coefficient (Wildman–Crippen LogP) is 3.61. The van der Waals surface area contributed by atoms with Crippen LogP contribution in [0.3, 0.4) is 0 Å². The average Bonchev–Trinajstić information content (AvgIpc) is 2.85. The lowest BCUT2D eigenvalue weighted by molar-refractivity contribution is 0.102. The number of anilines is 1. The van der Waals surface area contributed by atoms with E-state index in [1.807, 2.05) is 24.3 Å². The third kappa shape index (κ3) is 2.12. The predicted molar refractivity (Wildman–Crippen MR) is 75.5 cm³/mol. The first-order chi connectivity index (χ1) is 9.66. The summed E-state index contributed by atoms with van der Waals surface area (Å²) in [6.07, 6.45) is 0. The van der Waals surface area contributed by atoms with Crippen LogP contribution in [0.15, 0.2) is 42.5 Å².